The molecule has 0 spiro atoms. The molecule has 1 N–H and O–H groups in total. The molecule has 3 rings (SSSR count). The van der Waals surface area contributed by atoms with E-state index in [-0.39, 0.29) is 12.5 Å². The number of nitrogens with one attached hydrogen (secondary N) is 1. The zero-order valence-electron chi connectivity index (χ0n) is 12.5. The Morgan fingerprint density at radius 2 is 2.00 bits per heavy atom. The van der Waals surface area contributed by atoms with Crippen molar-refractivity contribution >= 4 is 17.4 Å². The number of imidazole rings is 1. The van der Waals surface area contributed by atoms with Crippen molar-refractivity contribution in [3.05, 3.63) is 54.2 Å². The summed E-state index contributed by atoms with van der Waals surface area (Å²) in [5.41, 5.74) is 3.58. The van der Waals surface area contributed by atoms with Gasteiger partial charge in [-0.3, -0.25) is 9.20 Å². The number of carbonyl (C=O) groups excluding carboxylic acids is 1. The fraction of sp³-hybridized carbons (Fsp3) is 0.176. The van der Waals surface area contributed by atoms with Crippen LogP contribution in [0.4, 0.5) is 5.82 Å². The Balaban J connectivity index is 2.17. The molecule has 22 heavy (non-hydrogen) atoms. The number of methoxy groups -OCH3 is 1. The number of hydrogen-bond donors (Lipinski definition) is 1. The van der Waals surface area contributed by atoms with Gasteiger partial charge in [0.05, 0.1) is 0 Å². The van der Waals surface area contributed by atoms with E-state index in [0.29, 0.717) is 5.82 Å². The summed E-state index contributed by atoms with van der Waals surface area (Å²) in [5.74, 6) is 0.454. The van der Waals surface area contributed by atoms with Crippen LogP contribution in [0.25, 0.3) is 16.9 Å². The Labute approximate surface area is 128 Å². The summed E-state index contributed by atoms with van der Waals surface area (Å²) in [4.78, 5) is 16.6. The van der Waals surface area contributed by atoms with Gasteiger partial charge in [-0.15, -0.1) is 0 Å². The van der Waals surface area contributed by atoms with Crippen molar-refractivity contribution in [3.63, 3.8) is 0 Å². The SMILES string of the molecule is COCC(=O)Nc1c(-c2ccccc2)nc2c(C)cccn12. The highest BCUT2D eigenvalue weighted by Gasteiger charge is 2.17. The van der Waals surface area contributed by atoms with Crippen LogP contribution in [0, 0.1) is 6.92 Å². The summed E-state index contributed by atoms with van der Waals surface area (Å²) in [7, 11) is 1.50. The van der Waals surface area contributed by atoms with E-state index < -0.39 is 0 Å². The van der Waals surface area contributed by atoms with Crippen LogP contribution in [0.15, 0.2) is 48.7 Å². The van der Waals surface area contributed by atoms with Crippen molar-refractivity contribution in [3.8, 4) is 11.3 Å². The van der Waals surface area contributed by atoms with E-state index in [1.807, 2.05) is 60.0 Å². The van der Waals surface area contributed by atoms with Crippen molar-refractivity contribution in [2.45, 2.75) is 6.92 Å². The average molecular weight is 295 g/mol. The van der Waals surface area contributed by atoms with E-state index in [9.17, 15) is 4.79 Å². The minimum atomic E-state index is -0.206. The lowest BCUT2D eigenvalue weighted by molar-refractivity contribution is -0.119. The standard InChI is InChI=1S/C17H17N3O2/c1-12-7-6-10-20-16(12)19-15(13-8-4-3-5-9-13)17(20)18-14(21)11-22-2/h3-10H,11H2,1-2H3,(H,18,21). The number of fused-ring (bicyclic) bond motifs is 1. The van der Waals surface area contributed by atoms with Gasteiger partial charge in [0.2, 0.25) is 0 Å². The molecule has 0 saturated carbocycles. The van der Waals surface area contributed by atoms with Crippen LogP contribution in [0.1, 0.15) is 5.56 Å². The molecule has 0 aliphatic heterocycles. The molecule has 2 aromatic heterocycles. The molecule has 3 aromatic rings. The monoisotopic (exact) mass is 295 g/mol. The number of pyridine rings is 1. The van der Waals surface area contributed by atoms with Gasteiger partial charge in [-0.1, -0.05) is 36.4 Å². The van der Waals surface area contributed by atoms with Gasteiger partial charge < -0.3 is 10.1 Å². The number of benzene rings is 1. The third-order valence-electron chi connectivity index (χ3n) is 3.43. The second-order valence-electron chi connectivity index (χ2n) is 5.04. The first-order valence-corrected chi connectivity index (χ1v) is 7.02. The summed E-state index contributed by atoms with van der Waals surface area (Å²) in [6.45, 7) is 2.01. The normalized spacial score (nSPS) is 10.8. The summed E-state index contributed by atoms with van der Waals surface area (Å²) < 4.78 is 6.79. The molecule has 0 aliphatic rings. The first kappa shape index (κ1) is 14.3. The molecule has 0 aliphatic carbocycles. The number of anilines is 1. The Bertz CT molecular complexity index is 809. The number of aromatic nitrogens is 2. The minimum absolute atomic E-state index is 0.00722. The fourth-order valence-electron chi connectivity index (χ4n) is 2.42. The third-order valence-corrected chi connectivity index (χ3v) is 3.43. The molecular formula is C17H17N3O2. The van der Waals surface area contributed by atoms with E-state index in [2.05, 4.69) is 5.32 Å². The average Bonchev–Trinajstić information content (AvgIpc) is 2.89. The van der Waals surface area contributed by atoms with Gasteiger partial charge in [0, 0.05) is 18.9 Å². The molecule has 0 unspecified atom stereocenters. The second-order valence-corrected chi connectivity index (χ2v) is 5.04. The number of ether oxygens (including phenoxy) is 1. The van der Waals surface area contributed by atoms with Crippen LogP contribution in [0.3, 0.4) is 0 Å². The van der Waals surface area contributed by atoms with Gasteiger partial charge in [-0.25, -0.2) is 4.98 Å². The van der Waals surface area contributed by atoms with Crippen molar-refractivity contribution in [2.24, 2.45) is 0 Å². The quantitative estimate of drug-likeness (QED) is 0.805. The maximum atomic E-state index is 11.9. The van der Waals surface area contributed by atoms with Gasteiger partial charge in [-0.2, -0.15) is 0 Å². The molecule has 112 valence electrons. The molecule has 2 heterocycles. The summed E-state index contributed by atoms with van der Waals surface area (Å²) in [6.07, 6.45) is 1.89. The smallest absolute Gasteiger partial charge is 0.251 e. The predicted molar refractivity (Wildman–Crippen MR) is 85.9 cm³/mol. The molecular weight excluding hydrogens is 278 g/mol. The van der Waals surface area contributed by atoms with Crippen molar-refractivity contribution in [1.29, 1.82) is 0 Å². The number of hydrogen-bond acceptors (Lipinski definition) is 3. The summed E-state index contributed by atoms with van der Waals surface area (Å²) in [5, 5.41) is 2.90. The molecule has 5 nitrogen and oxygen atoms in total. The van der Waals surface area contributed by atoms with E-state index >= 15 is 0 Å². The lowest BCUT2D eigenvalue weighted by Gasteiger charge is -2.07. The van der Waals surface area contributed by atoms with Gasteiger partial charge in [-0.05, 0) is 18.6 Å². The Kier molecular flexibility index (Phi) is 3.89. The molecule has 0 bridgehead atoms. The van der Waals surface area contributed by atoms with E-state index in [1.54, 1.807) is 0 Å². The minimum Gasteiger partial charge on any atom is -0.375 e. The number of nitrogens with zero attached hydrogens (tertiary/aromatic N) is 2. The van der Waals surface area contributed by atoms with Crippen molar-refractivity contribution < 1.29 is 9.53 Å². The van der Waals surface area contributed by atoms with Gasteiger partial charge >= 0.3 is 0 Å². The molecule has 0 atom stereocenters. The summed E-state index contributed by atoms with van der Waals surface area (Å²) in [6, 6.07) is 13.7. The lowest BCUT2D eigenvalue weighted by atomic mass is 10.1. The van der Waals surface area contributed by atoms with Crippen LogP contribution in [-0.4, -0.2) is 29.0 Å². The highest BCUT2D eigenvalue weighted by Crippen LogP contribution is 2.29. The van der Waals surface area contributed by atoms with Gasteiger partial charge in [0.1, 0.15) is 23.8 Å². The number of rotatable bonds is 4. The van der Waals surface area contributed by atoms with E-state index in [4.69, 9.17) is 9.72 Å². The maximum Gasteiger partial charge on any atom is 0.251 e. The highest BCUT2D eigenvalue weighted by atomic mass is 16.5. The zero-order valence-corrected chi connectivity index (χ0v) is 12.5. The predicted octanol–water partition coefficient (Wildman–Crippen LogP) is 2.89. The molecule has 5 heteroatoms. The lowest BCUT2D eigenvalue weighted by Crippen LogP contribution is -2.18. The van der Waals surface area contributed by atoms with Gasteiger partial charge in [0.25, 0.3) is 5.91 Å². The largest absolute Gasteiger partial charge is 0.375 e. The molecule has 0 radical (unpaired) electrons. The molecule has 0 fully saturated rings. The zero-order chi connectivity index (χ0) is 15.5. The Morgan fingerprint density at radius 3 is 2.73 bits per heavy atom. The third kappa shape index (κ3) is 2.58. The van der Waals surface area contributed by atoms with E-state index in [0.717, 1.165) is 22.5 Å². The molecule has 1 aromatic carbocycles. The molecule has 1 amide bonds. The van der Waals surface area contributed by atoms with Crippen LogP contribution in [0.5, 0.6) is 0 Å². The van der Waals surface area contributed by atoms with Crippen LogP contribution in [0.2, 0.25) is 0 Å². The van der Waals surface area contributed by atoms with Gasteiger partial charge in [0.15, 0.2) is 0 Å². The molecule has 0 saturated heterocycles. The second kappa shape index (κ2) is 5.99. The van der Waals surface area contributed by atoms with Crippen LogP contribution >= 0.6 is 0 Å². The number of carbonyl (C=O) groups is 1. The van der Waals surface area contributed by atoms with Crippen LogP contribution in [-0.2, 0) is 9.53 Å². The van der Waals surface area contributed by atoms with Crippen molar-refractivity contribution in [2.75, 3.05) is 19.0 Å². The summed E-state index contributed by atoms with van der Waals surface area (Å²) >= 11 is 0. The number of amides is 1. The highest BCUT2D eigenvalue weighted by molar-refractivity contribution is 5.95. The Hall–Kier alpha value is -2.66. The van der Waals surface area contributed by atoms with Crippen molar-refractivity contribution in [1.82, 2.24) is 9.38 Å². The van der Waals surface area contributed by atoms with Crippen LogP contribution < -0.4 is 5.32 Å². The first-order chi connectivity index (χ1) is 10.7. The fourth-order valence-corrected chi connectivity index (χ4v) is 2.42. The van der Waals surface area contributed by atoms with E-state index in [1.165, 1.54) is 7.11 Å². The topological polar surface area (TPSA) is 55.6 Å². The first-order valence-electron chi connectivity index (χ1n) is 7.02. The number of aryl methyl sites for hydroxylation is 1. The Morgan fingerprint density at radius 1 is 1.23 bits per heavy atom. The maximum absolute atomic E-state index is 11.9.